The molecule has 0 aliphatic rings. The van der Waals surface area contributed by atoms with Crippen LogP contribution in [0.15, 0.2) is 24.3 Å². The molecule has 0 bridgehead atoms. The Kier molecular flexibility index (Phi) is 5.70. The minimum atomic E-state index is -5.16. The summed E-state index contributed by atoms with van der Waals surface area (Å²) < 4.78 is 25.5. The van der Waals surface area contributed by atoms with Crippen molar-refractivity contribution in [2.75, 3.05) is 20.8 Å². The van der Waals surface area contributed by atoms with Gasteiger partial charge in [-0.2, -0.15) is 0 Å². The second kappa shape index (κ2) is 6.88. The highest BCUT2D eigenvalue weighted by molar-refractivity contribution is 7.53. The molecule has 4 N–H and O–H groups in total. The Balaban J connectivity index is 2.91. The van der Waals surface area contributed by atoms with Crippen LogP contribution >= 0.6 is 7.60 Å². The van der Waals surface area contributed by atoms with Crippen molar-refractivity contribution in [3.8, 4) is 11.5 Å². The van der Waals surface area contributed by atoms with E-state index >= 15 is 0 Å². The summed E-state index contributed by atoms with van der Waals surface area (Å²) in [6.45, 7) is -0.658. The molecule has 0 fully saturated rings. The normalized spacial score (nSPS) is 14.1. The SMILES string of the molecule is COC(=O)CNC(O)(Oc1ccc(OC)cc1)P(=O)(O)O. The zero-order chi connectivity index (χ0) is 16.1. The van der Waals surface area contributed by atoms with E-state index in [0.29, 0.717) is 5.75 Å². The number of benzene rings is 1. The number of ether oxygens (including phenoxy) is 3. The third-order valence-corrected chi connectivity index (χ3v) is 3.44. The maximum absolute atomic E-state index is 11.4. The van der Waals surface area contributed by atoms with E-state index in [1.54, 1.807) is 0 Å². The molecular formula is C11H16NO8P. The van der Waals surface area contributed by atoms with Crippen LogP contribution in [0.1, 0.15) is 0 Å². The van der Waals surface area contributed by atoms with Gasteiger partial charge in [-0.25, -0.2) is 5.32 Å². The van der Waals surface area contributed by atoms with Crippen LogP contribution in [0.25, 0.3) is 0 Å². The lowest BCUT2D eigenvalue weighted by atomic mass is 10.3. The van der Waals surface area contributed by atoms with E-state index in [-0.39, 0.29) is 5.75 Å². The zero-order valence-electron chi connectivity index (χ0n) is 11.3. The van der Waals surface area contributed by atoms with Crippen LogP contribution in [-0.2, 0) is 14.1 Å². The maximum Gasteiger partial charge on any atom is 0.414 e. The lowest BCUT2D eigenvalue weighted by molar-refractivity contribution is -0.146. The van der Waals surface area contributed by atoms with Crippen molar-refractivity contribution in [3.63, 3.8) is 0 Å². The summed E-state index contributed by atoms with van der Waals surface area (Å²) in [5, 5.41) is 11.9. The molecule has 1 unspecified atom stereocenters. The van der Waals surface area contributed by atoms with Gasteiger partial charge in [-0.05, 0) is 24.3 Å². The van der Waals surface area contributed by atoms with E-state index in [9.17, 15) is 24.3 Å². The number of methoxy groups -OCH3 is 2. The van der Waals surface area contributed by atoms with Crippen molar-refractivity contribution in [2.45, 2.75) is 5.65 Å². The van der Waals surface area contributed by atoms with Crippen molar-refractivity contribution in [1.82, 2.24) is 5.32 Å². The number of nitrogens with one attached hydrogen (secondary N) is 1. The van der Waals surface area contributed by atoms with Gasteiger partial charge < -0.3 is 29.1 Å². The second-order valence-corrected chi connectivity index (χ2v) is 5.55. The monoisotopic (exact) mass is 321 g/mol. The highest BCUT2D eigenvalue weighted by Crippen LogP contribution is 2.47. The molecular weight excluding hydrogens is 305 g/mol. The molecule has 21 heavy (non-hydrogen) atoms. The summed E-state index contributed by atoms with van der Waals surface area (Å²) in [4.78, 5) is 29.4. The average Bonchev–Trinajstić information content (AvgIpc) is 2.44. The molecule has 0 aliphatic heterocycles. The summed E-state index contributed by atoms with van der Waals surface area (Å²) in [6, 6.07) is 5.60. The number of aliphatic hydroxyl groups is 1. The standard InChI is InChI=1S/C11H16NO8P/c1-18-8-3-5-9(6-4-8)20-11(14,21(15,16)17)12-7-10(13)19-2/h3-6,12,14H,7H2,1-2H3,(H2,15,16,17). The molecule has 0 heterocycles. The highest BCUT2D eigenvalue weighted by atomic mass is 31.2. The van der Waals surface area contributed by atoms with Crippen molar-refractivity contribution >= 4 is 13.6 Å². The lowest BCUT2D eigenvalue weighted by Crippen LogP contribution is -2.51. The zero-order valence-corrected chi connectivity index (χ0v) is 12.2. The number of hydrogen-bond donors (Lipinski definition) is 4. The van der Waals surface area contributed by atoms with Crippen molar-refractivity contribution in [2.24, 2.45) is 0 Å². The van der Waals surface area contributed by atoms with Crippen molar-refractivity contribution in [3.05, 3.63) is 24.3 Å². The third-order valence-electron chi connectivity index (χ3n) is 2.41. The molecule has 0 aromatic heterocycles. The topological polar surface area (TPSA) is 135 Å². The Hall–Kier alpha value is -1.64. The van der Waals surface area contributed by atoms with Crippen molar-refractivity contribution < 1.29 is 38.5 Å². The van der Waals surface area contributed by atoms with Crippen LogP contribution in [0, 0.1) is 0 Å². The highest BCUT2D eigenvalue weighted by Gasteiger charge is 2.49. The van der Waals surface area contributed by atoms with E-state index < -0.39 is 25.8 Å². The number of hydrogen-bond acceptors (Lipinski definition) is 7. The van der Waals surface area contributed by atoms with Gasteiger partial charge in [0.25, 0.3) is 0 Å². The van der Waals surface area contributed by atoms with Gasteiger partial charge in [0.15, 0.2) is 0 Å². The summed E-state index contributed by atoms with van der Waals surface area (Å²) in [5.41, 5.74) is -3.06. The van der Waals surface area contributed by atoms with Crippen LogP contribution in [0.3, 0.4) is 0 Å². The van der Waals surface area contributed by atoms with E-state index in [0.717, 1.165) is 7.11 Å². The van der Waals surface area contributed by atoms with E-state index in [1.165, 1.54) is 31.4 Å². The maximum atomic E-state index is 11.4. The fourth-order valence-electron chi connectivity index (χ4n) is 1.27. The minimum absolute atomic E-state index is 0.0426. The van der Waals surface area contributed by atoms with Crippen LogP contribution in [0.5, 0.6) is 11.5 Å². The Morgan fingerprint density at radius 3 is 2.19 bits per heavy atom. The first-order valence-corrected chi connectivity index (χ1v) is 7.26. The fraction of sp³-hybridized carbons (Fsp3) is 0.364. The lowest BCUT2D eigenvalue weighted by Gasteiger charge is -2.29. The van der Waals surface area contributed by atoms with Crippen molar-refractivity contribution in [1.29, 1.82) is 0 Å². The molecule has 1 aromatic rings. The molecule has 0 spiro atoms. The third kappa shape index (κ3) is 4.69. The molecule has 1 rings (SSSR count). The Morgan fingerprint density at radius 2 is 1.76 bits per heavy atom. The van der Waals surface area contributed by atoms with Gasteiger partial charge in [-0.1, -0.05) is 0 Å². The molecule has 0 saturated heterocycles. The molecule has 9 nitrogen and oxygen atoms in total. The minimum Gasteiger partial charge on any atom is -0.497 e. The molecule has 118 valence electrons. The first kappa shape index (κ1) is 17.4. The van der Waals surface area contributed by atoms with Gasteiger partial charge in [0.1, 0.15) is 18.0 Å². The van der Waals surface area contributed by atoms with Gasteiger partial charge in [-0.3, -0.25) is 9.36 Å². The molecule has 10 heteroatoms. The Morgan fingerprint density at radius 1 is 1.24 bits per heavy atom. The van der Waals surface area contributed by atoms with Crippen LogP contribution < -0.4 is 14.8 Å². The van der Waals surface area contributed by atoms with Gasteiger partial charge >= 0.3 is 19.2 Å². The molecule has 0 radical (unpaired) electrons. The van der Waals surface area contributed by atoms with E-state index in [2.05, 4.69) is 4.74 Å². The van der Waals surface area contributed by atoms with Crippen LogP contribution in [0.4, 0.5) is 0 Å². The van der Waals surface area contributed by atoms with Gasteiger partial charge in [-0.15, -0.1) is 0 Å². The number of carbonyl (C=O) groups is 1. The molecule has 0 aliphatic carbocycles. The van der Waals surface area contributed by atoms with E-state index in [1.807, 2.05) is 5.32 Å². The Bertz CT molecular complexity index is 528. The first-order chi connectivity index (χ1) is 9.71. The number of esters is 1. The van der Waals surface area contributed by atoms with Gasteiger partial charge in [0.05, 0.1) is 14.2 Å². The number of carbonyl (C=O) groups excluding carboxylic acids is 1. The average molecular weight is 321 g/mol. The van der Waals surface area contributed by atoms with Gasteiger partial charge in [0.2, 0.25) is 0 Å². The summed E-state index contributed by atoms with van der Waals surface area (Å²) >= 11 is 0. The number of rotatable bonds is 7. The van der Waals surface area contributed by atoms with Crippen LogP contribution in [0.2, 0.25) is 0 Å². The predicted molar refractivity (Wildman–Crippen MR) is 70.6 cm³/mol. The summed E-state index contributed by atoms with van der Waals surface area (Å²) in [5.74, 6) is -0.385. The summed E-state index contributed by atoms with van der Waals surface area (Å²) in [6.07, 6.45) is 0. The fourth-order valence-corrected chi connectivity index (χ4v) is 1.78. The van der Waals surface area contributed by atoms with Gasteiger partial charge in [0, 0.05) is 0 Å². The largest absolute Gasteiger partial charge is 0.497 e. The Labute approximate surface area is 120 Å². The smallest absolute Gasteiger partial charge is 0.414 e. The second-order valence-electron chi connectivity index (χ2n) is 3.86. The predicted octanol–water partition coefficient (Wildman–Crippen LogP) is -0.382. The first-order valence-electron chi connectivity index (χ1n) is 5.65. The summed E-state index contributed by atoms with van der Waals surface area (Å²) in [7, 11) is -2.62. The quantitative estimate of drug-likeness (QED) is 0.301. The molecule has 1 aromatic carbocycles. The molecule has 0 saturated carbocycles. The molecule has 1 atom stereocenters. The molecule has 0 amide bonds. The van der Waals surface area contributed by atoms with E-state index in [4.69, 9.17) is 9.47 Å². The van der Waals surface area contributed by atoms with Crippen LogP contribution in [-0.4, -0.2) is 47.3 Å².